The Hall–Kier alpha value is -1.14. The SMILES string of the molecule is CCNC(=O)CN(CC)C(CC)C(=O)NN. The van der Waals surface area contributed by atoms with E-state index in [2.05, 4.69) is 10.7 Å². The number of amides is 2. The molecule has 4 N–H and O–H groups in total. The maximum atomic E-state index is 11.5. The molecule has 1 unspecified atom stereocenters. The molecule has 0 aromatic heterocycles. The van der Waals surface area contributed by atoms with Crippen LogP contribution in [-0.4, -0.2) is 42.4 Å². The van der Waals surface area contributed by atoms with E-state index in [0.29, 0.717) is 19.5 Å². The fourth-order valence-corrected chi connectivity index (χ4v) is 1.59. The van der Waals surface area contributed by atoms with Crippen molar-refractivity contribution in [2.75, 3.05) is 19.6 Å². The van der Waals surface area contributed by atoms with Crippen molar-refractivity contribution < 1.29 is 9.59 Å². The van der Waals surface area contributed by atoms with Gasteiger partial charge in [0.2, 0.25) is 5.91 Å². The summed E-state index contributed by atoms with van der Waals surface area (Å²) in [7, 11) is 0. The first-order valence-electron chi connectivity index (χ1n) is 5.61. The standard InChI is InChI=1S/C10H22N4O2/c1-4-8(10(16)13-11)14(6-3)7-9(15)12-5-2/h8H,4-7,11H2,1-3H3,(H,12,15)(H,13,16). The Kier molecular flexibility index (Phi) is 7.49. The molecule has 0 rings (SSSR count). The number of hydrogen-bond acceptors (Lipinski definition) is 4. The number of nitrogens with two attached hydrogens (primary N) is 1. The first-order chi connectivity index (χ1) is 7.60. The molecule has 0 heterocycles. The van der Waals surface area contributed by atoms with Crippen LogP contribution >= 0.6 is 0 Å². The molecule has 6 nitrogen and oxygen atoms in total. The van der Waals surface area contributed by atoms with E-state index in [4.69, 9.17) is 5.84 Å². The summed E-state index contributed by atoms with van der Waals surface area (Å²) in [6.45, 7) is 7.10. The third-order valence-electron chi connectivity index (χ3n) is 2.40. The number of likely N-dealkylation sites (N-methyl/N-ethyl adjacent to an activating group) is 2. The second-order valence-electron chi connectivity index (χ2n) is 3.45. The van der Waals surface area contributed by atoms with Gasteiger partial charge in [-0.3, -0.25) is 19.9 Å². The van der Waals surface area contributed by atoms with Crippen molar-refractivity contribution in [2.24, 2.45) is 5.84 Å². The lowest BCUT2D eigenvalue weighted by Gasteiger charge is -2.27. The molecule has 0 aromatic rings. The van der Waals surface area contributed by atoms with Crippen LogP contribution in [0.25, 0.3) is 0 Å². The van der Waals surface area contributed by atoms with Crippen molar-refractivity contribution in [2.45, 2.75) is 33.2 Å². The van der Waals surface area contributed by atoms with Crippen molar-refractivity contribution in [3.05, 3.63) is 0 Å². The van der Waals surface area contributed by atoms with Gasteiger partial charge in [0.05, 0.1) is 12.6 Å². The van der Waals surface area contributed by atoms with Crippen LogP contribution in [0, 0.1) is 0 Å². The first kappa shape index (κ1) is 14.9. The summed E-state index contributed by atoms with van der Waals surface area (Å²) in [6, 6.07) is -0.349. The number of nitrogens with zero attached hydrogens (tertiary/aromatic N) is 1. The Morgan fingerprint density at radius 2 is 1.94 bits per heavy atom. The van der Waals surface area contributed by atoms with E-state index in [1.807, 2.05) is 20.8 Å². The van der Waals surface area contributed by atoms with Crippen LogP contribution in [0.1, 0.15) is 27.2 Å². The molecule has 0 radical (unpaired) electrons. The highest BCUT2D eigenvalue weighted by Gasteiger charge is 2.23. The van der Waals surface area contributed by atoms with Gasteiger partial charge in [-0.15, -0.1) is 0 Å². The summed E-state index contributed by atoms with van der Waals surface area (Å²) >= 11 is 0. The smallest absolute Gasteiger partial charge is 0.251 e. The molecular weight excluding hydrogens is 208 g/mol. The van der Waals surface area contributed by atoms with Gasteiger partial charge in [-0.05, 0) is 19.9 Å². The zero-order valence-electron chi connectivity index (χ0n) is 10.2. The minimum atomic E-state index is -0.349. The number of hydrazine groups is 1. The van der Waals surface area contributed by atoms with Crippen molar-refractivity contribution >= 4 is 11.8 Å². The molecule has 16 heavy (non-hydrogen) atoms. The van der Waals surface area contributed by atoms with Crippen LogP contribution < -0.4 is 16.6 Å². The quantitative estimate of drug-likeness (QED) is 0.304. The first-order valence-corrected chi connectivity index (χ1v) is 5.61. The van der Waals surface area contributed by atoms with Crippen LogP contribution in [0.15, 0.2) is 0 Å². The van der Waals surface area contributed by atoms with Gasteiger partial charge in [-0.1, -0.05) is 13.8 Å². The normalized spacial score (nSPS) is 12.3. The fraction of sp³-hybridized carbons (Fsp3) is 0.800. The number of carbonyl (C=O) groups is 2. The van der Waals surface area contributed by atoms with E-state index in [1.165, 1.54) is 0 Å². The van der Waals surface area contributed by atoms with Gasteiger partial charge in [0, 0.05) is 6.54 Å². The average molecular weight is 230 g/mol. The zero-order chi connectivity index (χ0) is 12.6. The Morgan fingerprint density at radius 1 is 1.31 bits per heavy atom. The number of nitrogens with one attached hydrogen (secondary N) is 2. The molecule has 0 spiro atoms. The van der Waals surface area contributed by atoms with Crippen molar-refractivity contribution in [1.82, 2.24) is 15.6 Å². The molecule has 0 aliphatic heterocycles. The van der Waals surface area contributed by atoms with Gasteiger partial charge in [-0.25, -0.2) is 5.84 Å². The number of rotatable bonds is 7. The zero-order valence-corrected chi connectivity index (χ0v) is 10.2. The lowest BCUT2D eigenvalue weighted by molar-refractivity contribution is -0.129. The minimum absolute atomic E-state index is 0.0763. The number of hydrogen-bond donors (Lipinski definition) is 3. The molecule has 94 valence electrons. The van der Waals surface area contributed by atoms with Crippen molar-refractivity contribution in [1.29, 1.82) is 0 Å². The van der Waals surface area contributed by atoms with Gasteiger partial charge >= 0.3 is 0 Å². The highest BCUT2D eigenvalue weighted by Crippen LogP contribution is 2.03. The van der Waals surface area contributed by atoms with Crippen molar-refractivity contribution in [3.8, 4) is 0 Å². The van der Waals surface area contributed by atoms with Gasteiger partial charge in [0.15, 0.2) is 0 Å². The minimum Gasteiger partial charge on any atom is -0.355 e. The Bertz CT molecular complexity index is 233. The van der Waals surface area contributed by atoms with Gasteiger partial charge in [0.1, 0.15) is 0 Å². The van der Waals surface area contributed by atoms with E-state index in [-0.39, 0.29) is 24.4 Å². The monoisotopic (exact) mass is 230 g/mol. The predicted molar refractivity (Wildman–Crippen MR) is 62.3 cm³/mol. The van der Waals surface area contributed by atoms with Crippen LogP contribution in [0.2, 0.25) is 0 Å². The van der Waals surface area contributed by atoms with Crippen LogP contribution in [0.4, 0.5) is 0 Å². The topological polar surface area (TPSA) is 87.5 Å². The average Bonchev–Trinajstić information content (AvgIpc) is 2.28. The fourth-order valence-electron chi connectivity index (χ4n) is 1.59. The van der Waals surface area contributed by atoms with Crippen LogP contribution in [0.3, 0.4) is 0 Å². The van der Waals surface area contributed by atoms with E-state index >= 15 is 0 Å². The van der Waals surface area contributed by atoms with E-state index < -0.39 is 0 Å². The third-order valence-corrected chi connectivity index (χ3v) is 2.40. The van der Waals surface area contributed by atoms with E-state index in [0.717, 1.165) is 0 Å². The third kappa shape index (κ3) is 4.59. The molecule has 0 saturated heterocycles. The Morgan fingerprint density at radius 3 is 2.31 bits per heavy atom. The van der Waals surface area contributed by atoms with Crippen molar-refractivity contribution in [3.63, 3.8) is 0 Å². The summed E-state index contributed by atoms with van der Waals surface area (Å²) in [5, 5.41) is 2.70. The maximum absolute atomic E-state index is 11.5. The second-order valence-corrected chi connectivity index (χ2v) is 3.45. The predicted octanol–water partition coefficient (Wildman–Crippen LogP) is -0.787. The highest BCUT2D eigenvalue weighted by atomic mass is 16.2. The molecule has 0 aromatic carbocycles. The molecule has 0 aliphatic rings. The summed E-state index contributed by atoms with van der Waals surface area (Å²) in [5.41, 5.74) is 2.12. The molecule has 6 heteroatoms. The second kappa shape index (κ2) is 8.06. The highest BCUT2D eigenvalue weighted by molar-refractivity contribution is 5.83. The molecule has 0 saturated carbocycles. The Balaban J connectivity index is 4.43. The molecule has 2 amide bonds. The Labute approximate surface area is 96.5 Å². The molecule has 0 fully saturated rings. The summed E-state index contributed by atoms with van der Waals surface area (Å²) in [6.07, 6.45) is 0.621. The number of carbonyl (C=O) groups excluding carboxylic acids is 2. The lowest BCUT2D eigenvalue weighted by Crippen LogP contribution is -2.51. The van der Waals surface area contributed by atoms with Crippen LogP contribution in [0.5, 0.6) is 0 Å². The molecular formula is C10H22N4O2. The lowest BCUT2D eigenvalue weighted by atomic mass is 10.1. The van der Waals surface area contributed by atoms with Gasteiger partial charge < -0.3 is 5.32 Å². The maximum Gasteiger partial charge on any atom is 0.251 e. The summed E-state index contributed by atoms with van der Waals surface area (Å²) in [5.74, 6) is 4.77. The molecule has 0 bridgehead atoms. The van der Waals surface area contributed by atoms with E-state index in [1.54, 1.807) is 4.90 Å². The van der Waals surface area contributed by atoms with Gasteiger partial charge in [-0.2, -0.15) is 0 Å². The van der Waals surface area contributed by atoms with Gasteiger partial charge in [0.25, 0.3) is 5.91 Å². The molecule has 0 aliphatic carbocycles. The summed E-state index contributed by atoms with van der Waals surface area (Å²) in [4.78, 5) is 24.7. The summed E-state index contributed by atoms with van der Waals surface area (Å²) < 4.78 is 0. The van der Waals surface area contributed by atoms with Crippen LogP contribution in [-0.2, 0) is 9.59 Å². The van der Waals surface area contributed by atoms with E-state index in [9.17, 15) is 9.59 Å². The molecule has 1 atom stereocenters. The largest absolute Gasteiger partial charge is 0.355 e.